The molecular formula is C14H12N2O3. The highest BCUT2D eigenvalue weighted by molar-refractivity contribution is 6.09. The molecule has 0 fully saturated rings. The van der Waals surface area contributed by atoms with Gasteiger partial charge in [0.25, 0.3) is 5.69 Å². The fraction of sp³-hybridized carbons (Fsp3) is 0.0714. The zero-order valence-corrected chi connectivity index (χ0v) is 10.1. The summed E-state index contributed by atoms with van der Waals surface area (Å²) in [7, 11) is 0. The van der Waals surface area contributed by atoms with E-state index in [2.05, 4.69) is 0 Å². The predicted octanol–water partition coefficient (Wildman–Crippen LogP) is 2.28. The van der Waals surface area contributed by atoms with Crippen molar-refractivity contribution < 1.29 is 9.72 Å². The minimum absolute atomic E-state index is 0.0931. The molecule has 0 aromatic heterocycles. The van der Waals surface area contributed by atoms with E-state index in [0.29, 0.717) is 17.7 Å². The normalized spacial score (nSPS) is 10.2. The lowest BCUT2D eigenvalue weighted by Crippen LogP contribution is -2.03. The molecule has 0 saturated carbocycles. The fourth-order valence-corrected chi connectivity index (χ4v) is 1.72. The zero-order valence-electron chi connectivity index (χ0n) is 10.1. The maximum absolute atomic E-state index is 12.2. The topological polar surface area (TPSA) is 86.2 Å². The van der Waals surface area contributed by atoms with Crippen LogP contribution in [0.3, 0.4) is 0 Å². The minimum atomic E-state index is -0.520. The number of benzene rings is 2. The Morgan fingerprint density at radius 3 is 2.37 bits per heavy atom. The van der Waals surface area contributed by atoms with E-state index in [-0.39, 0.29) is 11.5 Å². The van der Waals surface area contributed by atoms with Crippen LogP contribution in [-0.2, 0) is 6.54 Å². The van der Waals surface area contributed by atoms with Crippen molar-refractivity contribution in [1.82, 2.24) is 0 Å². The van der Waals surface area contributed by atoms with Crippen LogP contribution in [0.15, 0.2) is 48.5 Å². The van der Waals surface area contributed by atoms with Gasteiger partial charge in [0, 0.05) is 29.8 Å². The molecule has 5 heteroatoms. The van der Waals surface area contributed by atoms with Crippen molar-refractivity contribution in [3.63, 3.8) is 0 Å². The van der Waals surface area contributed by atoms with E-state index < -0.39 is 4.92 Å². The van der Waals surface area contributed by atoms with Crippen molar-refractivity contribution in [2.24, 2.45) is 5.73 Å². The third kappa shape index (κ3) is 2.83. The molecule has 0 spiro atoms. The molecule has 19 heavy (non-hydrogen) atoms. The van der Waals surface area contributed by atoms with Crippen molar-refractivity contribution in [3.05, 3.63) is 75.3 Å². The number of nitrogens with zero attached hydrogens (tertiary/aromatic N) is 1. The van der Waals surface area contributed by atoms with Gasteiger partial charge in [0.15, 0.2) is 5.78 Å². The highest BCUT2D eigenvalue weighted by atomic mass is 16.6. The van der Waals surface area contributed by atoms with Crippen LogP contribution in [0.5, 0.6) is 0 Å². The second kappa shape index (κ2) is 5.41. The van der Waals surface area contributed by atoms with Gasteiger partial charge in [0.1, 0.15) is 0 Å². The first kappa shape index (κ1) is 12.9. The molecule has 2 aromatic carbocycles. The van der Waals surface area contributed by atoms with Gasteiger partial charge in [0.2, 0.25) is 0 Å². The fourth-order valence-electron chi connectivity index (χ4n) is 1.72. The second-order valence-corrected chi connectivity index (χ2v) is 4.04. The predicted molar refractivity (Wildman–Crippen MR) is 70.9 cm³/mol. The smallest absolute Gasteiger partial charge is 0.270 e. The standard InChI is InChI=1S/C14H12N2O3/c15-9-10-4-6-11(7-5-10)14(17)12-2-1-3-13(8-12)16(18)19/h1-8H,9,15H2. The maximum Gasteiger partial charge on any atom is 0.270 e. The molecule has 0 atom stereocenters. The molecule has 5 nitrogen and oxygen atoms in total. The molecule has 2 rings (SSSR count). The van der Waals surface area contributed by atoms with Gasteiger partial charge in [0.05, 0.1) is 4.92 Å². The number of carbonyl (C=O) groups excluding carboxylic acids is 1. The lowest BCUT2D eigenvalue weighted by Gasteiger charge is -2.02. The summed E-state index contributed by atoms with van der Waals surface area (Å²) in [6, 6.07) is 12.6. The Balaban J connectivity index is 2.32. The molecule has 0 aliphatic rings. The van der Waals surface area contributed by atoms with E-state index in [0.717, 1.165) is 5.56 Å². The van der Waals surface area contributed by atoms with Gasteiger partial charge in [-0.15, -0.1) is 0 Å². The largest absolute Gasteiger partial charge is 0.326 e. The van der Waals surface area contributed by atoms with E-state index in [1.54, 1.807) is 30.3 Å². The summed E-state index contributed by atoms with van der Waals surface area (Å²) in [6.45, 7) is 0.408. The Bertz CT molecular complexity index is 621. The van der Waals surface area contributed by atoms with Gasteiger partial charge < -0.3 is 5.73 Å². The Morgan fingerprint density at radius 2 is 1.79 bits per heavy atom. The molecule has 0 aliphatic carbocycles. The van der Waals surface area contributed by atoms with Crippen LogP contribution < -0.4 is 5.73 Å². The summed E-state index contributed by atoms with van der Waals surface area (Å²) >= 11 is 0. The van der Waals surface area contributed by atoms with Crippen LogP contribution in [0.1, 0.15) is 21.5 Å². The molecular weight excluding hydrogens is 244 g/mol. The molecule has 0 saturated heterocycles. The first-order chi connectivity index (χ1) is 9.11. The summed E-state index contributed by atoms with van der Waals surface area (Å²) in [5.74, 6) is -0.243. The summed E-state index contributed by atoms with van der Waals surface area (Å²) in [4.78, 5) is 22.3. The average molecular weight is 256 g/mol. The molecule has 0 radical (unpaired) electrons. The van der Waals surface area contributed by atoms with Crippen LogP contribution in [0, 0.1) is 10.1 Å². The van der Waals surface area contributed by atoms with Crippen molar-refractivity contribution in [2.45, 2.75) is 6.54 Å². The summed E-state index contributed by atoms with van der Waals surface area (Å²) in [6.07, 6.45) is 0. The highest BCUT2D eigenvalue weighted by Gasteiger charge is 2.13. The number of hydrogen-bond acceptors (Lipinski definition) is 4. The molecule has 0 heterocycles. The number of nitrogens with two attached hydrogens (primary N) is 1. The molecule has 0 bridgehead atoms. The van der Waals surface area contributed by atoms with Gasteiger partial charge in [-0.05, 0) is 5.56 Å². The summed E-state index contributed by atoms with van der Waals surface area (Å²) in [5, 5.41) is 10.7. The molecule has 2 N–H and O–H groups in total. The number of carbonyl (C=O) groups is 1. The van der Waals surface area contributed by atoms with Gasteiger partial charge >= 0.3 is 0 Å². The Labute approximate surface area is 109 Å². The van der Waals surface area contributed by atoms with Gasteiger partial charge in [-0.3, -0.25) is 14.9 Å². The number of nitro benzene ring substituents is 1. The number of non-ortho nitro benzene ring substituents is 1. The number of ketones is 1. The van der Waals surface area contributed by atoms with E-state index >= 15 is 0 Å². The van der Waals surface area contributed by atoms with Crippen LogP contribution in [0.2, 0.25) is 0 Å². The lowest BCUT2D eigenvalue weighted by atomic mass is 10.0. The zero-order chi connectivity index (χ0) is 13.8. The van der Waals surface area contributed by atoms with E-state index in [9.17, 15) is 14.9 Å². The number of nitro groups is 1. The number of hydrogen-bond donors (Lipinski definition) is 1. The van der Waals surface area contributed by atoms with Crippen molar-refractivity contribution in [3.8, 4) is 0 Å². The minimum Gasteiger partial charge on any atom is -0.326 e. The second-order valence-electron chi connectivity index (χ2n) is 4.04. The third-order valence-corrected chi connectivity index (χ3v) is 2.77. The monoisotopic (exact) mass is 256 g/mol. The van der Waals surface area contributed by atoms with Crippen molar-refractivity contribution in [1.29, 1.82) is 0 Å². The Kier molecular flexibility index (Phi) is 3.68. The Hall–Kier alpha value is -2.53. The van der Waals surface area contributed by atoms with Gasteiger partial charge in [-0.25, -0.2) is 0 Å². The molecule has 2 aromatic rings. The quantitative estimate of drug-likeness (QED) is 0.516. The van der Waals surface area contributed by atoms with E-state index in [4.69, 9.17) is 5.73 Å². The highest BCUT2D eigenvalue weighted by Crippen LogP contribution is 2.17. The Morgan fingerprint density at radius 1 is 1.11 bits per heavy atom. The third-order valence-electron chi connectivity index (χ3n) is 2.77. The first-order valence-corrected chi connectivity index (χ1v) is 5.70. The molecule has 0 amide bonds. The molecule has 0 aliphatic heterocycles. The van der Waals surface area contributed by atoms with Crippen molar-refractivity contribution in [2.75, 3.05) is 0 Å². The van der Waals surface area contributed by atoms with Gasteiger partial charge in [-0.2, -0.15) is 0 Å². The van der Waals surface area contributed by atoms with Gasteiger partial charge in [-0.1, -0.05) is 36.4 Å². The van der Waals surface area contributed by atoms with Crippen LogP contribution in [-0.4, -0.2) is 10.7 Å². The SMILES string of the molecule is NCc1ccc(C(=O)c2cccc([N+](=O)[O-])c2)cc1. The van der Waals surface area contributed by atoms with E-state index in [1.165, 1.54) is 18.2 Å². The molecule has 0 unspecified atom stereocenters. The van der Waals surface area contributed by atoms with Crippen LogP contribution >= 0.6 is 0 Å². The molecule has 96 valence electrons. The average Bonchev–Trinajstić information content (AvgIpc) is 2.46. The number of rotatable bonds is 4. The van der Waals surface area contributed by atoms with Crippen LogP contribution in [0.25, 0.3) is 0 Å². The van der Waals surface area contributed by atoms with E-state index in [1.807, 2.05) is 0 Å². The van der Waals surface area contributed by atoms with Crippen LogP contribution in [0.4, 0.5) is 5.69 Å². The first-order valence-electron chi connectivity index (χ1n) is 5.70. The summed E-state index contributed by atoms with van der Waals surface area (Å²) in [5.41, 5.74) is 7.10. The van der Waals surface area contributed by atoms with Crippen molar-refractivity contribution >= 4 is 11.5 Å². The lowest BCUT2D eigenvalue weighted by molar-refractivity contribution is -0.384. The summed E-state index contributed by atoms with van der Waals surface area (Å²) < 4.78 is 0. The maximum atomic E-state index is 12.2.